The van der Waals surface area contributed by atoms with Gasteiger partial charge < -0.3 is 14.5 Å². The van der Waals surface area contributed by atoms with Crippen LogP contribution in [0.5, 0.6) is 0 Å². The van der Waals surface area contributed by atoms with Crippen molar-refractivity contribution in [3.05, 3.63) is 60.6 Å². The first-order valence-corrected chi connectivity index (χ1v) is 15.2. The van der Waals surface area contributed by atoms with Gasteiger partial charge in [-0.2, -0.15) is 0 Å². The Morgan fingerprint density at radius 3 is 2.35 bits per heavy atom. The Labute approximate surface area is 240 Å². The number of benzene rings is 1. The number of hydrogen-bond acceptors (Lipinski definition) is 8. The molecule has 40 heavy (non-hydrogen) atoms. The molecule has 2 aliphatic heterocycles. The predicted octanol–water partition coefficient (Wildman–Crippen LogP) is 3.71. The summed E-state index contributed by atoms with van der Waals surface area (Å²) in [4.78, 5) is 18.9. The molecule has 9 nitrogen and oxygen atoms in total. The van der Waals surface area contributed by atoms with E-state index in [0.717, 1.165) is 62.6 Å². The summed E-state index contributed by atoms with van der Waals surface area (Å²) < 4.78 is 22.2. The van der Waals surface area contributed by atoms with E-state index < -0.39 is 11.0 Å². The molecular formula is C30H41N7O2S. The summed E-state index contributed by atoms with van der Waals surface area (Å²) in [5, 5.41) is 0. The Hall–Kier alpha value is -3.05. The van der Waals surface area contributed by atoms with Crippen molar-refractivity contribution >= 4 is 28.2 Å². The molecule has 2 saturated heterocycles. The third kappa shape index (κ3) is 6.98. The molecule has 2 aliphatic rings. The largest absolute Gasteiger partial charge is 0.378 e. The van der Waals surface area contributed by atoms with Crippen LogP contribution in [0.15, 0.2) is 59.9 Å². The summed E-state index contributed by atoms with van der Waals surface area (Å²) in [6.07, 6.45) is 5.40. The minimum atomic E-state index is -1.52. The Balaban J connectivity index is 1.26. The van der Waals surface area contributed by atoms with Crippen molar-refractivity contribution in [1.29, 1.82) is 0 Å². The number of nitrogens with zero attached hydrogens (tertiary/aromatic N) is 6. The standard InChI is InChI=1S/C30H41N7O2S/c1-23(2)36-11-9-35(10-12-36)22-24-5-7-25(8-6-24)26-17-27(20-31-19-26)33-40(38)29-18-28(21-32-30(29)34(3)4)37-13-15-39-16-14-37/h5-8,17-21,23,33H,9-16,22H2,1-4H3. The van der Waals surface area contributed by atoms with Crippen LogP contribution in [0.25, 0.3) is 11.1 Å². The van der Waals surface area contributed by atoms with E-state index >= 15 is 0 Å². The molecule has 1 unspecified atom stereocenters. The van der Waals surface area contributed by atoms with Crippen LogP contribution in [0, 0.1) is 0 Å². The minimum absolute atomic E-state index is 0.615. The van der Waals surface area contributed by atoms with Crippen LogP contribution < -0.4 is 14.5 Å². The van der Waals surface area contributed by atoms with Crippen LogP contribution >= 0.6 is 0 Å². The summed E-state index contributed by atoms with van der Waals surface area (Å²) in [7, 11) is 2.30. The fourth-order valence-electron chi connectivity index (χ4n) is 5.21. The number of aromatic nitrogens is 2. The highest BCUT2D eigenvalue weighted by Gasteiger charge is 2.20. The van der Waals surface area contributed by atoms with Gasteiger partial charge in [0.05, 0.1) is 37.0 Å². The van der Waals surface area contributed by atoms with Gasteiger partial charge in [-0.15, -0.1) is 0 Å². The summed E-state index contributed by atoms with van der Waals surface area (Å²) in [5.41, 5.74) is 5.03. The van der Waals surface area contributed by atoms with Gasteiger partial charge in [0, 0.05) is 77.7 Å². The quantitative estimate of drug-likeness (QED) is 0.422. The summed E-state index contributed by atoms with van der Waals surface area (Å²) >= 11 is 0. The highest BCUT2D eigenvalue weighted by atomic mass is 32.2. The van der Waals surface area contributed by atoms with Gasteiger partial charge in [0.15, 0.2) is 11.0 Å². The fraction of sp³-hybridized carbons (Fsp3) is 0.467. The number of hydrogen-bond donors (Lipinski definition) is 1. The zero-order valence-corrected chi connectivity index (χ0v) is 24.9. The zero-order chi connectivity index (χ0) is 28.1. The molecule has 1 atom stereocenters. The van der Waals surface area contributed by atoms with Crippen molar-refractivity contribution in [3.8, 4) is 11.1 Å². The molecule has 0 saturated carbocycles. The Kier molecular flexibility index (Phi) is 9.31. The second kappa shape index (κ2) is 13.1. The zero-order valence-electron chi connectivity index (χ0n) is 24.0. The van der Waals surface area contributed by atoms with Crippen LogP contribution in [0.4, 0.5) is 17.2 Å². The lowest BCUT2D eigenvalue weighted by molar-refractivity contribution is 0.104. The smallest absolute Gasteiger partial charge is 0.154 e. The van der Waals surface area contributed by atoms with Gasteiger partial charge >= 0.3 is 0 Å². The number of morpholine rings is 1. The van der Waals surface area contributed by atoms with E-state index in [2.05, 4.69) is 67.5 Å². The van der Waals surface area contributed by atoms with Crippen molar-refractivity contribution < 1.29 is 8.95 Å². The second-order valence-corrected chi connectivity index (χ2v) is 12.1. The number of anilines is 3. The third-order valence-electron chi connectivity index (χ3n) is 7.60. The number of rotatable bonds is 9. The van der Waals surface area contributed by atoms with Gasteiger partial charge in [-0.25, -0.2) is 9.19 Å². The molecule has 0 amide bonds. The van der Waals surface area contributed by atoms with Crippen LogP contribution in [-0.4, -0.2) is 96.6 Å². The number of nitrogens with one attached hydrogen (secondary N) is 1. The number of pyridine rings is 2. The average Bonchev–Trinajstić information content (AvgIpc) is 2.98. The lowest BCUT2D eigenvalue weighted by atomic mass is 10.0. The highest BCUT2D eigenvalue weighted by molar-refractivity contribution is 7.86. The number of ether oxygens (including phenoxy) is 1. The van der Waals surface area contributed by atoms with Gasteiger partial charge in [-0.3, -0.25) is 19.5 Å². The predicted molar refractivity (Wildman–Crippen MR) is 163 cm³/mol. The van der Waals surface area contributed by atoms with E-state index in [1.54, 1.807) is 6.20 Å². The lowest BCUT2D eigenvalue weighted by Crippen LogP contribution is -2.48. The maximum absolute atomic E-state index is 13.6. The van der Waals surface area contributed by atoms with Gasteiger partial charge in [0.25, 0.3) is 0 Å². The first kappa shape index (κ1) is 28.5. The lowest BCUT2D eigenvalue weighted by Gasteiger charge is -2.36. The normalized spacial score (nSPS) is 17.7. The molecule has 5 rings (SSSR count). The topological polar surface area (TPSA) is 77.1 Å². The highest BCUT2D eigenvalue weighted by Crippen LogP contribution is 2.28. The molecule has 3 aromatic rings. The molecule has 0 spiro atoms. The average molecular weight is 564 g/mol. The first-order chi connectivity index (χ1) is 19.4. The molecule has 2 aromatic heterocycles. The van der Waals surface area contributed by atoms with E-state index in [4.69, 9.17) is 4.74 Å². The second-order valence-electron chi connectivity index (χ2n) is 10.9. The maximum atomic E-state index is 13.6. The number of piperazine rings is 1. The van der Waals surface area contributed by atoms with Crippen LogP contribution in [-0.2, 0) is 22.3 Å². The van der Waals surface area contributed by atoms with Crippen molar-refractivity contribution in [1.82, 2.24) is 19.8 Å². The first-order valence-electron chi connectivity index (χ1n) is 14.1. The van der Waals surface area contributed by atoms with Crippen molar-refractivity contribution in [2.24, 2.45) is 0 Å². The molecule has 4 heterocycles. The molecule has 0 radical (unpaired) electrons. The summed E-state index contributed by atoms with van der Waals surface area (Å²) in [6.45, 7) is 12.9. The molecule has 10 heteroatoms. The summed E-state index contributed by atoms with van der Waals surface area (Å²) in [6, 6.07) is 13.3. The molecular weight excluding hydrogens is 522 g/mol. The SMILES string of the molecule is CC(C)N1CCN(Cc2ccc(-c3cncc(NS(=O)c4cc(N5CCOCC5)cnc4N(C)C)c3)cc2)CC1. The van der Waals surface area contributed by atoms with Crippen LogP contribution in [0.1, 0.15) is 19.4 Å². The molecule has 1 aromatic carbocycles. The van der Waals surface area contributed by atoms with Gasteiger partial charge in [-0.1, -0.05) is 24.3 Å². The van der Waals surface area contributed by atoms with Crippen LogP contribution in [0.3, 0.4) is 0 Å². The van der Waals surface area contributed by atoms with Crippen LogP contribution in [0.2, 0.25) is 0 Å². The van der Waals surface area contributed by atoms with E-state index in [1.165, 1.54) is 5.56 Å². The van der Waals surface area contributed by atoms with Crippen molar-refractivity contribution in [2.75, 3.05) is 81.1 Å². The van der Waals surface area contributed by atoms with E-state index in [9.17, 15) is 4.21 Å². The summed E-state index contributed by atoms with van der Waals surface area (Å²) in [5.74, 6) is 0.674. The fourth-order valence-corrected chi connectivity index (χ4v) is 6.27. The van der Waals surface area contributed by atoms with Gasteiger partial charge in [0.2, 0.25) is 0 Å². The van der Waals surface area contributed by atoms with E-state index in [0.29, 0.717) is 35.7 Å². The third-order valence-corrected chi connectivity index (χ3v) is 8.72. The Bertz CT molecular complexity index is 1290. The van der Waals surface area contributed by atoms with E-state index in [1.807, 2.05) is 43.5 Å². The van der Waals surface area contributed by atoms with Crippen molar-refractivity contribution in [2.45, 2.75) is 31.3 Å². The monoisotopic (exact) mass is 563 g/mol. The Morgan fingerprint density at radius 2 is 1.68 bits per heavy atom. The molecule has 1 N–H and O–H groups in total. The Morgan fingerprint density at radius 1 is 0.950 bits per heavy atom. The van der Waals surface area contributed by atoms with E-state index in [-0.39, 0.29) is 0 Å². The molecule has 0 bridgehead atoms. The van der Waals surface area contributed by atoms with Crippen molar-refractivity contribution in [3.63, 3.8) is 0 Å². The maximum Gasteiger partial charge on any atom is 0.154 e. The molecule has 0 aliphatic carbocycles. The molecule has 2 fully saturated rings. The molecule has 214 valence electrons. The van der Waals surface area contributed by atoms with Gasteiger partial charge in [-0.05, 0) is 37.1 Å². The van der Waals surface area contributed by atoms with Gasteiger partial charge in [0.1, 0.15) is 10.7 Å². The minimum Gasteiger partial charge on any atom is -0.378 e.